The maximum atomic E-state index is 12.6. The van der Waals surface area contributed by atoms with Gasteiger partial charge in [-0.15, -0.1) is 0 Å². The lowest BCUT2D eigenvalue weighted by Crippen LogP contribution is -2.51. The van der Waals surface area contributed by atoms with Crippen LogP contribution in [0.25, 0.3) is 0 Å². The van der Waals surface area contributed by atoms with Crippen molar-refractivity contribution in [3.63, 3.8) is 0 Å². The molecule has 1 fully saturated rings. The molecular formula is C19H29N3O2. The van der Waals surface area contributed by atoms with Crippen LogP contribution in [0.4, 0.5) is 0 Å². The van der Waals surface area contributed by atoms with Crippen molar-refractivity contribution in [2.45, 2.75) is 40.2 Å². The number of nitrogens with zero attached hydrogens (tertiary/aromatic N) is 2. The lowest BCUT2D eigenvalue weighted by molar-refractivity contribution is -0.123. The second kappa shape index (κ2) is 8.29. The number of carbonyl (C=O) groups is 2. The van der Waals surface area contributed by atoms with Crippen molar-refractivity contribution in [2.75, 3.05) is 32.7 Å². The van der Waals surface area contributed by atoms with Gasteiger partial charge in [-0.2, -0.15) is 0 Å². The predicted molar refractivity (Wildman–Crippen MR) is 96.2 cm³/mol. The lowest BCUT2D eigenvalue weighted by atomic mass is 10.1. The molecule has 1 atom stereocenters. The van der Waals surface area contributed by atoms with E-state index >= 15 is 0 Å². The third kappa shape index (κ3) is 4.81. The highest BCUT2D eigenvalue weighted by Gasteiger charge is 2.23. The molecule has 2 rings (SSSR count). The largest absolute Gasteiger partial charge is 0.353 e. The molecule has 1 unspecified atom stereocenters. The van der Waals surface area contributed by atoms with Crippen LogP contribution in [0, 0.1) is 13.8 Å². The maximum absolute atomic E-state index is 12.6. The predicted octanol–water partition coefficient (Wildman–Crippen LogP) is 1.98. The molecule has 1 aromatic rings. The van der Waals surface area contributed by atoms with Gasteiger partial charge in [0.15, 0.2) is 0 Å². The Balaban J connectivity index is 1.84. The van der Waals surface area contributed by atoms with Gasteiger partial charge >= 0.3 is 0 Å². The number of aryl methyl sites for hydroxylation is 2. The smallest absolute Gasteiger partial charge is 0.253 e. The number of benzene rings is 1. The van der Waals surface area contributed by atoms with Crippen LogP contribution in [-0.2, 0) is 4.79 Å². The van der Waals surface area contributed by atoms with Crippen molar-refractivity contribution in [3.8, 4) is 0 Å². The first-order chi connectivity index (χ1) is 11.4. The molecule has 0 radical (unpaired) electrons. The second-order valence-electron chi connectivity index (χ2n) is 6.74. The zero-order valence-corrected chi connectivity index (χ0v) is 15.3. The summed E-state index contributed by atoms with van der Waals surface area (Å²) in [6.45, 7) is 11.4. The first kappa shape index (κ1) is 18.5. The normalized spacial score (nSPS) is 16.8. The van der Waals surface area contributed by atoms with Crippen LogP contribution in [0.15, 0.2) is 18.2 Å². The van der Waals surface area contributed by atoms with Gasteiger partial charge in [0, 0.05) is 37.8 Å². The zero-order chi connectivity index (χ0) is 17.7. The van der Waals surface area contributed by atoms with E-state index in [1.165, 1.54) is 5.56 Å². The van der Waals surface area contributed by atoms with Crippen molar-refractivity contribution >= 4 is 11.8 Å². The highest BCUT2D eigenvalue weighted by atomic mass is 16.2. The third-order valence-electron chi connectivity index (χ3n) is 4.80. The Morgan fingerprint density at radius 2 is 1.79 bits per heavy atom. The van der Waals surface area contributed by atoms with Gasteiger partial charge < -0.3 is 10.2 Å². The highest BCUT2D eigenvalue weighted by molar-refractivity contribution is 5.94. The average Bonchev–Trinajstić information content (AvgIpc) is 2.57. The van der Waals surface area contributed by atoms with Gasteiger partial charge in [0.2, 0.25) is 5.91 Å². The summed E-state index contributed by atoms with van der Waals surface area (Å²) in [5, 5.41) is 2.99. The molecule has 1 N–H and O–H groups in total. The van der Waals surface area contributed by atoms with Crippen molar-refractivity contribution in [3.05, 3.63) is 34.9 Å². The van der Waals surface area contributed by atoms with Gasteiger partial charge in [0.05, 0.1) is 6.54 Å². The van der Waals surface area contributed by atoms with Crippen LogP contribution >= 0.6 is 0 Å². The van der Waals surface area contributed by atoms with Crippen LogP contribution in [0.2, 0.25) is 0 Å². The summed E-state index contributed by atoms with van der Waals surface area (Å²) < 4.78 is 0. The Bertz CT molecular complexity index is 592. The third-order valence-corrected chi connectivity index (χ3v) is 4.80. The summed E-state index contributed by atoms with van der Waals surface area (Å²) >= 11 is 0. The molecule has 0 spiro atoms. The molecule has 1 aliphatic heterocycles. The summed E-state index contributed by atoms with van der Waals surface area (Å²) in [5.41, 5.74) is 3.09. The summed E-state index contributed by atoms with van der Waals surface area (Å²) in [7, 11) is 0. The SMILES string of the molecule is CCC(C)NC(=O)CN1CCN(C(=O)c2ccc(C)c(C)c2)CC1. The van der Waals surface area contributed by atoms with Crippen molar-refractivity contribution < 1.29 is 9.59 Å². The quantitative estimate of drug-likeness (QED) is 0.897. The molecule has 132 valence electrons. The molecule has 0 saturated carbocycles. The van der Waals surface area contributed by atoms with E-state index in [2.05, 4.69) is 17.1 Å². The molecule has 1 aromatic carbocycles. The van der Waals surface area contributed by atoms with E-state index in [0.29, 0.717) is 19.6 Å². The fourth-order valence-corrected chi connectivity index (χ4v) is 2.79. The van der Waals surface area contributed by atoms with Crippen LogP contribution < -0.4 is 5.32 Å². The Morgan fingerprint density at radius 1 is 1.12 bits per heavy atom. The van der Waals surface area contributed by atoms with E-state index in [1.807, 2.05) is 43.9 Å². The Hall–Kier alpha value is -1.88. The number of rotatable bonds is 5. The van der Waals surface area contributed by atoms with E-state index in [9.17, 15) is 9.59 Å². The van der Waals surface area contributed by atoms with E-state index in [4.69, 9.17) is 0 Å². The Morgan fingerprint density at radius 3 is 2.38 bits per heavy atom. The van der Waals surface area contributed by atoms with Gasteiger partial charge in [0.1, 0.15) is 0 Å². The molecule has 1 saturated heterocycles. The van der Waals surface area contributed by atoms with Gasteiger partial charge in [-0.25, -0.2) is 0 Å². The Kier molecular flexibility index (Phi) is 6.37. The van der Waals surface area contributed by atoms with Gasteiger partial charge in [-0.1, -0.05) is 13.0 Å². The second-order valence-corrected chi connectivity index (χ2v) is 6.74. The maximum Gasteiger partial charge on any atom is 0.253 e. The van der Waals surface area contributed by atoms with Crippen LogP contribution in [-0.4, -0.2) is 60.4 Å². The first-order valence-electron chi connectivity index (χ1n) is 8.79. The number of carbonyl (C=O) groups excluding carboxylic acids is 2. The minimum Gasteiger partial charge on any atom is -0.353 e. The lowest BCUT2D eigenvalue weighted by Gasteiger charge is -2.34. The van der Waals surface area contributed by atoms with Crippen LogP contribution in [0.1, 0.15) is 41.8 Å². The monoisotopic (exact) mass is 331 g/mol. The Labute approximate surface area is 145 Å². The number of piperazine rings is 1. The summed E-state index contributed by atoms with van der Waals surface area (Å²) in [4.78, 5) is 28.6. The number of hydrogen-bond donors (Lipinski definition) is 1. The van der Waals surface area contributed by atoms with Gasteiger partial charge in [-0.05, 0) is 50.5 Å². The topological polar surface area (TPSA) is 52.7 Å². The highest BCUT2D eigenvalue weighted by Crippen LogP contribution is 2.13. The molecule has 5 nitrogen and oxygen atoms in total. The fraction of sp³-hybridized carbons (Fsp3) is 0.579. The molecule has 0 bridgehead atoms. The van der Waals surface area contributed by atoms with Crippen molar-refractivity contribution in [2.24, 2.45) is 0 Å². The van der Waals surface area contributed by atoms with Crippen LogP contribution in [0.5, 0.6) is 0 Å². The molecule has 0 aliphatic carbocycles. The summed E-state index contributed by atoms with van der Waals surface area (Å²) in [5.74, 6) is 0.153. The van der Waals surface area contributed by atoms with Gasteiger partial charge in [-0.3, -0.25) is 14.5 Å². The molecular weight excluding hydrogens is 302 g/mol. The summed E-state index contributed by atoms with van der Waals surface area (Å²) in [6.07, 6.45) is 0.935. The van der Waals surface area contributed by atoms with Crippen LogP contribution in [0.3, 0.4) is 0 Å². The molecule has 2 amide bonds. The minimum atomic E-state index is 0.0679. The number of amides is 2. The van der Waals surface area contributed by atoms with E-state index in [1.54, 1.807) is 0 Å². The molecule has 5 heteroatoms. The standard InChI is InChI=1S/C19H29N3O2/c1-5-16(4)20-18(23)13-21-8-10-22(11-9-21)19(24)17-7-6-14(2)15(3)12-17/h6-7,12,16H,5,8-11,13H2,1-4H3,(H,20,23). The minimum absolute atomic E-state index is 0.0679. The molecule has 24 heavy (non-hydrogen) atoms. The average molecular weight is 331 g/mol. The van der Waals surface area contributed by atoms with E-state index in [0.717, 1.165) is 30.6 Å². The summed E-state index contributed by atoms with van der Waals surface area (Å²) in [6, 6.07) is 6.07. The van der Waals surface area contributed by atoms with Crippen molar-refractivity contribution in [1.29, 1.82) is 0 Å². The number of hydrogen-bond acceptors (Lipinski definition) is 3. The number of nitrogens with one attached hydrogen (secondary N) is 1. The zero-order valence-electron chi connectivity index (χ0n) is 15.3. The molecule has 1 aliphatic rings. The van der Waals surface area contributed by atoms with Crippen molar-refractivity contribution in [1.82, 2.24) is 15.1 Å². The fourth-order valence-electron chi connectivity index (χ4n) is 2.79. The van der Waals surface area contributed by atoms with Gasteiger partial charge in [0.25, 0.3) is 5.91 Å². The van der Waals surface area contributed by atoms with E-state index in [-0.39, 0.29) is 17.9 Å². The molecule has 0 aromatic heterocycles. The molecule has 1 heterocycles. The first-order valence-corrected chi connectivity index (χ1v) is 8.79. The van der Waals surface area contributed by atoms with E-state index < -0.39 is 0 Å².